The van der Waals surface area contributed by atoms with E-state index in [2.05, 4.69) is 22.1 Å². The standard InChI is InChI=1S/C15H23N3O4S/c1-4-23(20,21)18-14-7-5-6-13(10-14)11-15(19)16-8-9-22-17-12(2)3/h5-7,10,17-18H,2,4,8-9,11H2,1,3H3,(H,16,19). The van der Waals surface area contributed by atoms with Crippen LogP contribution in [0.25, 0.3) is 0 Å². The van der Waals surface area contributed by atoms with Crippen LogP contribution in [0.15, 0.2) is 36.5 Å². The molecule has 1 rings (SSSR count). The Hall–Kier alpha value is -2.06. The Morgan fingerprint density at radius 1 is 1.35 bits per heavy atom. The number of carbonyl (C=O) groups is 1. The van der Waals surface area contributed by atoms with E-state index in [1.54, 1.807) is 38.1 Å². The van der Waals surface area contributed by atoms with Crippen LogP contribution in [0.4, 0.5) is 5.69 Å². The van der Waals surface area contributed by atoms with Crippen LogP contribution < -0.4 is 15.5 Å². The average molecular weight is 341 g/mol. The molecule has 3 N–H and O–H groups in total. The molecule has 0 bridgehead atoms. The molecule has 0 unspecified atom stereocenters. The maximum Gasteiger partial charge on any atom is 0.232 e. The Morgan fingerprint density at radius 2 is 2.09 bits per heavy atom. The number of amides is 1. The summed E-state index contributed by atoms with van der Waals surface area (Å²) in [6, 6.07) is 6.76. The Labute approximate surface area is 137 Å². The van der Waals surface area contributed by atoms with Crippen LogP contribution in [0, 0.1) is 0 Å². The topological polar surface area (TPSA) is 96.5 Å². The summed E-state index contributed by atoms with van der Waals surface area (Å²) in [6.45, 7) is 7.61. The van der Waals surface area contributed by atoms with Gasteiger partial charge >= 0.3 is 0 Å². The van der Waals surface area contributed by atoms with Crippen LogP contribution in [-0.4, -0.2) is 33.2 Å². The summed E-state index contributed by atoms with van der Waals surface area (Å²) in [5.74, 6) is -0.171. The molecule has 23 heavy (non-hydrogen) atoms. The van der Waals surface area contributed by atoms with Gasteiger partial charge in [0.2, 0.25) is 15.9 Å². The van der Waals surface area contributed by atoms with Crippen molar-refractivity contribution in [3.63, 3.8) is 0 Å². The number of hydroxylamine groups is 1. The van der Waals surface area contributed by atoms with Crippen molar-refractivity contribution in [2.45, 2.75) is 20.3 Å². The van der Waals surface area contributed by atoms with E-state index in [0.717, 1.165) is 5.56 Å². The van der Waals surface area contributed by atoms with Crippen LogP contribution in [0.5, 0.6) is 0 Å². The van der Waals surface area contributed by atoms with Crippen molar-refractivity contribution in [2.75, 3.05) is 23.6 Å². The molecular weight excluding hydrogens is 318 g/mol. The lowest BCUT2D eigenvalue weighted by molar-refractivity contribution is -0.120. The molecule has 0 heterocycles. The number of anilines is 1. The van der Waals surface area contributed by atoms with E-state index in [-0.39, 0.29) is 18.1 Å². The van der Waals surface area contributed by atoms with Gasteiger partial charge in [-0.15, -0.1) is 0 Å². The monoisotopic (exact) mass is 341 g/mol. The van der Waals surface area contributed by atoms with E-state index in [9.17, 15) is 13.2 Å². The summed E-state index contributed by atoms with van der Waals surface area (Å²) in [7, 11) is -3.33. The summed E-state index contributed by atoms with van der Waals surface area (Å²) in [5.41, 5.74) is 4.45. The van der Waals surface area contributed by atoms with Gasteiger partial charge in [0, 0.05) is 17.9 Å². The third-order valence-corrected chi connectivity index (χ3v) is 4.02. The zero-order valence-electron chi connectivity index (χ0n) is 13.4. The lowest BCUT2D eigenvalue weighted by atomic mass is 10.1. The van der Waals surface area contributed by atoms with Crippen molar-refractivity contribution in [1.82, 2.24) is 10.8 Å². The number of carbonyl (C=O) groups excluding carboxylic acids is 1. The van der Waals surface area contributed by atoms with Crippen LogP contribution >= 0.6 is 0 Å². The van der Waals surface area contributed by atoms with Crippen LogP contribution in [-0.2, 0) is 26.1 Å². The average Bonchev–Trinajstić information content (AvgIpc) is 2.46. The van der Waals surface area contributed by atoms with E-state index < -0.39 is 10.0 Å². The van der Waals surface area contributed by atoms with Gasteiger partial charge in [0.25, 0.3) is 0 Å². The second-order valence-electron chi connectivity index (χ2n) is 4.96. The first-order valence-electron chi connectivity index (χ1n) is 7.22. The minimum absolute atomic E-state index is 0.00404. The van der Waals surface area contributed by atoms with E-state index in [1.165, 1.54) is 0 Å². The first-order valence-corrected chi connectivity index (χ1v) is 8.87. The van der Waals surface area contributed by atoms with Crippen molar-refractivity contribution in [3.8, 4) is 0 Å². The quantitative estimate of drug-likeness (QED) is 0.438. The first-order chi connectivity index (χ1) is 10.8. The molecule has 0 spiro atoms. The SMILES string of the molecule is C=C(C)NOCCNC(=O)Cc1cccc(NS(=O)(=O)CC)c1. The molecule has 8 heteroatoms. The van der Waals surface area contributed by atoms with Gasteiger partial charge in [0.15, 0.2) is 0 Å². The second-order valence-corrected chi connectivity index (χ2v) is 6.97. The molecule has 0 aliphatic heterocycles. The predicted octanol–water partition coefficient (Wildman–Crippen LogP) is 1.16. The van der Waals surface area contributed by atoms with Gasteiger partial charge in [0.05, 0.1) is 18.8 Å². The van der Waals surface area contributed by atoms with Gasteiger partial charge in [-0.25, -0.2) is 8.42 Å². The van der Waals surface area contributed by atoms with Crippen molar-refractivity contribution in [1.29, 1.82) is 0 Å². The van der Waals surface area contributed by atoms with Gasteiger partial charge in [-0.3, -0.25) is 19.8 Å². The summed E-state index contributed by atoms with van der Waals surface area (Å²) in [6.07, 6.45) is 0.162. The molecule has 0 aliphatic rings. The first kappa shape index (κ1) is 19.0. The third kappa shape index (κ3) is 8.22. The van der Waals surface area contributed by atoms with Gasteiger partial charge in [-0.05, 0) is 31.5 Å². The number of sulfonamides is 1. The molecule has 0 saturated heterocycles. The fourth-order valence-corrected chi connectivity index (χ4v) is 2.29. The van der Waals surface area contributed by atoms with Crippen LogP contribution in [0.3, 0.4) is 0 Å². The van der Waals surface area contributed by atoms with Crippen molar-refractivity contribution >= 4 is 21.6 Å². The summed E-state index contributed by atoms with van der Waals surface area (Å²) in [5, 5.41) is 2.71. The third-order valence-electron chi connectivity index (χ3n) is 2.72. The molecule has 0 radical (unpaired) electrons. The largest absolute Gasteiger partial charge is 0.353 e. The lowest BCUT2D eigenvalue weighted by Gasteiger charge is -2.09. The smallest absolute Gasteiger partial charge is 0.232 e. The minimum Gasteiger partial charge on any atom is -0.353 e. The van der Waals surface area contributed by atoms with E-state index in [4.69, 9.17) is 4.84 Å². The highest BCUT2D eigenvalue weighted by atomic mass is 32.2. The molecule has 7 nitrogen and oxygen atoms in total. The van der Waals surface area contributed by atoms with Crippen molar-refractivity contribution in [3.05, 3.63) is 42.1 Å². The number of hydrogen-bond donors (Lipinski definition) is 3. The molecule has 1 aromatic carbocycles. The Balaban J connectivity index is 2.44. The highest BCUT2D eigenvalue weighted by molar-refractivity contribution is 7.92. The van der Waals surface area contributed by atoms with Crippen LogP contribution in [0.1, 0.15) is 19.4 Å². The lowest BCUT2D eigenvalue weighted by Crippen LogP contribution is -2.30. The molecule has 0 fully saturated rings. The number of benzene rings is 1. The zero-order chi connectivity index (χ0) is 17.3. The zero-order valence-corrected chi connectivity index (χ0v) is 14.2. The Bertz CT molecular complexity index is 644. The molecule has 0 aromatic heterocycles. The molecule has 1 aromatic rings. The van der Waals surface area contributed by atoms with E-state index in [1.807, 2.05) is 0 Å². The number of rotatable bonds is 10. The maximum absolute atomic E-state index is 11.8. The molecule has 0 saturated carbocycles. The highest BCUT2D eigenvalue weighted by Crippen LogP contribution is 2.13. The summed E-state index contributed by atoms with van der Waals surface area (Å²) in [4.78, 5) is 16.9. The normalized spacial score (nSPS) is 10.9. The molecule has 128 valence electrons. The molecule has 0 atom stereocenters. The highest BCUT2D eigenvalue weighted by Gasteiger charge is 2.08. The predicted molar refractivity (Wildman–Crippen MR) is 90.1 cm³/mol. The van der Waals surface area contributed by atoms with Gasteiger partial charge in [-0.1, -0.05) is 18.7 Å². The van der Waals surface area contributed by atoms with Crippen LogP contribution in [0.2, 0.25) is 0 Å². The number of nitrogens with one attached hydrogen (secondary N) is 3. The minimum atomic E-state index is -3.33. The maximum atomic E-state index is 11.8. The fourth-order valence-electron chi connectivity index (χ4n) is 1.66. The molecule has 0 aliphatic carbocycles. The van der Waals surface area contributed by atoms with E-state index in [0.29, 0.717) is 24.5 Å². The number of hydrogen-bond acceptors (Lipinski definition) is 5. The Morgan fingerprint density at radius 3 is 2.74 bits per heavy atom. The van der Waals surface area contributed by atoms with Gasteiger partial charge < -0.3 is 5.32 Å². The number of allylic oxidation sites excluding steroid dienone is 1. The van der Waals surface area contributed by atoms with Gasteiger partial charge in [-0.2, -0.15) is 0 Å². The van der Waals surface area contributed by atoms with Crippen molar-refractivity contribution < 1.29 is 18.0 Å². The summed E-state index contributed by atoms with van der Waals surface area (Å²) < 4.78 is 25.5. The van der Waals surface area contributed by atoms with E-state index >= 15 is 0 Å². The molecule has 1 amide bonds. The Kier molecular flexibility index (Phi) is 7.56. The van der Waals surface area contributed by atoms with Gasteiger partial charge in [0.1, 0.15) is 0 Å². The second kappa shape index (κ2) is 9.16. The molecular formula is C15H23N3O4S. The fraction of sp³-hybridized carbons (Fsp3) is 0.400. The van der Waals surface area contributed by atoms with Crippen molar-refractivity contribution in [2.24, 2.45) is 0 Å². The summed E-state index contributed by atoms with van der Waals surface area (Å²) >= 11 is 0.